The minimum atomic E-state index is -0.0323. The molecule has 2 N–H and O–H groups in total. The first-order chi connectivity index (χ1) is 10.7. The van der Waals surface area contributed by atoms with Crippen molar-refractivity contribution in [1.29, 1.82) is 0 Å². The minimum absolute atomic E-state index is 0.00791. The van der Waals surface area contributed by atoms with Gasteiger partial charge in [-0.05, 0) is 24.3 Å². The first-order valence-corrected chi connectivity index (χ1v) is 6.81. The number of aliphatic imine (C=N–C) groups is 1. The van der Waals surface area contributed by atoms with Crippen molar-refractivity contribution in [2.24, 2.45) is 4.99 Å². The lowest BCUT2D eigenvalue weighted by molar-refractivity contribution is 0.450. The van der Waals surface area contributed by atoms with Crippen molar-refractivity contribution >= 4 is 23.2 Å². The van der Waals surface area contributed by atoms with Crippen LogP contribution in [0.4, 0.5) is 5.95 Å². The van der Waals surface area contributed by atoms with E-state index in [1.165, 1.54) is 18.3 Å². The highest BCUT2D eigenvalue weighted by Gasteiger charge is 2.08. The summed E-state index contributed by atoms with van der Waals surface area (Å²) in [6, 6.07) is 12.1. The molecule has 5 heteroatoms. The summed E-state index contributed by atoms with van der Waals surface area (Å²) in [4.78, 5) is 8.84. The number of rotatable bonds is 4. The van der Waals surface area contributed by atoms with Crippen LogP contribution in [-0.4, -0.2) is 26.0 Å². The first-order valence-electron chi connectivity index (χ1n) is 6.81. The molecule has 2 aromatic carbocycles. The van der Waals surface area contributed by atoms with E-state index in [4.69, 9.17) is 0 Å². The number of phenolic OH excluding ortho intramolecular Hbond substituents is 2. The maximum absolute atomic E-state index is 9.79. The van der Waals surface area contributed by atoms with E-state index in [9.17, 15) is 10.2 Å². The third-order valence-electron chi connectivity index (χ3n) is 3.28. The molecule has 0 bridgehead atoms. The molecule has 3 rings (SSSR count). The maximum Gasteiger partial charge on any atom is 0.230 e. The van der Waals surface area contributed by atoms with Crippen LogP contribution < -0.4 is 0 Å². The fourth-order valence-corrected chi connectivity index (χ4v) is 2.24. The molecule has 0 saturated carbocycles. The average molecular weight is 293 g/mol. The van der Waals surface area contributed by atoms with Gasteiger partial charge in [-0.25, -0.2) is 9.98 Å². The Morgan fingerprint density at radius 3 is 2.77 bits per heavy atom. The molecule has 0 spiro atoms. The Bertz CT molecular complexity index is 865. The standard InChI is InChI=1S/C17H15N3O2/c1-2-9-20-15-6-4-3-5-14(15)19-17(20)18-11-12-7-8-13(21)10-16(12)22/h2-8,10-11,21-22H,1,9H2/b18-11+. The van der Waals surface area contributed by atoms with Gasteiger partial charge in [-0.15, -0.1) is 6.58 Å². The summed E-state index contributed by atoms with van der Waals surface area (Å²) < 4.78 is 1.94. The zero-order valence-electron chi connectivity index (χ0n) is 11.8. The number of aromatic hydroxyl groups is 2. The van der Waals surface area contributed by atoms with E-state index in [0.29, 0.717) is 18.1 Å². The highest BCUT2D eigenvalue weighted by Crippen LogP contribution is 2.24. The first kappa shape index (κ1) is 13.9. The number of nitrogens with zero attached hydrogens (tertiary/aromatic N) is 3. The quantitative estimate of drug-likeness (QED) is 0.572. The molecule has 5 nitrogen and oxygen atoms in total. The summed E-state index contributed by atoms with van der Waals surface area (Å²) in [6.45, 7) is 4.35. The molecule has 0 unspecified atom stereocenters. The van der Waals surface area contributed by atoms with Gasteiger partial charge in [0, 0.05) is 24.4 Å². The van der Waals surface area contributed by atoms with E-state index in [0.717, 1.165) is 11.0 Å². The number of aromatic nitrogens is 2. The molecule has 0 saturated heterocycles. The van der Waals surface area contributed by atoms with Crippen molar-refractivity contribution in [1.82, 2.24) is 9.55 Å². The second kappa shape index (κ2) is 5.73. The Kier molecular flexibility index (Phi) is 3.62. The normalized spacial score (nSPS) is 11.3. The van der Waals surface area contributed by atoms with Crippen LogP contribution in [0.1, 0.15) is 5.56 Å². The molecule has 1 aromatic heterocycles. The molecular formula is C17H15N3O2. The van der Waals surface area contributed by atoms with Crippen molar-refractivity contribution in [2.75, 3.05) is 0 Å². The number of fused-ring (bicyclic) bond motifs is 1. The topological polar surface area (TPSA) is 70.6 Å². The molecule has 0 atom stereocenters. The molecule has 0 amide bonds. The third kappa shape index (κ3) is 2.56. The van der Waals surface area contributed by atoms with Gasteiger partial charge in [-0.2, -0.15) is 0 Å². The Morgan fingerprint density at radius 2 is 2.00 bits per heavy atom. The van der Waals surface area contributed by atoms with Crippen molar-refractivity contribution in [3.63, 3.8) is 0 Å². The molecular weight excluding hydrogens is 278 g/mol. The van der Waals surface area contributed by atoms with E-state index in [1.807, 2.05) is 28.8 Å². The predicted molar refractivity (Wildman–Crippen MR) is 87.0 cm³/mol. The van der Waals surface area contributed by atoms with Crippen LogP contribution in [0.5, 0.6) is 11.5 Å². The Hall–Kier alpha value is -3.08. The summed E-state index contributed by atoms with van der Waals surface area (Å²) in [5, 5.41) is 19.1. The molecule has 0 radical (unpaired) electrons. The summed E-state index contributed by atoms with van der Waals surface area (Å²) in [6.07, 6.45) is 3.31. The Morgan fingerprint density at radius 1 is 1.18 bits per heavy atom. The lowest BCUT2D eigenvalue weighted by Crippen LogP contribution is -1.94. The second-order valence-corrected chi connectivity index (χ2v) is 4.80. The average Bonchev–Trinajstić information content (AvgIpc) is 2.85. The van der Waals surface area contributed by atoms with E-state index >= 15 is 0 Å². The van der Waals surface area contributed by atoms with E-state index in [2.05, 4.69) is 16.6 Å². The van der Waals surface area contributed by atoms with Gasteiger partial charge in [0.25, 0.3) is 0 Å². The van der Waals surface area contributed by atoms with Crippen LogP contribution in [0.3, 0.4) is 0 Å². The smallest absolute Gasteiger partial charge is 0.230 e. The van der Waals surface area contributed by atoms with Gasteiger partial charge in [-0.1, -0.05) is 18.2 Å². The van der Waals surface area contributed by atoms with Crippen LogP contribution in [0.25, 0.3) is 11.0 Å². The Balaban J connectivity index is 2.04. The zero-order valence-corrected chi connectivity index (χ0v) is 11.8. The fraction of sp³-hybridized carbons (Fsp3) is 0.0588. The molecule has 0 aliphatic carbocycles. The largest absolute Gasteiger partial charge is 0.508 e. The zero-order chi connectivity index (χ0) is 15.5. The van der Waals surface area contributed by atoms with Gasteiger partial charge >= 0.3 is 0 Å². The van der Waals surface area contributed by atoms with Gasteiger partial charge < -0.3 is 14.8 Å². The van der Waals surface area contributed by atoms with E-state index < -0.39 is 0 Å². The number of imidazole rings is 1. The minimum Gasteiger partial charge on any atom is -0.508 e. The molecule has 22 heavy (non-hydrogen) atoms. The van der Waals surface area contributed by atoms with Crippen LogP contribution in [0.2, 0.25) is 0 Å². The van der Waals surface area contributed by atoms with Gasteiger partial charge in [0.05, 0.1) is 11.0 Å². The molecule has 3 aromatic rings. The highest BCUT2D eigenvalue weighted by atomic mass is 16.3. The fourth-order valence-electron chi connectivity index (χ4n) is 2.24. The van der Waals surface area contributed by atoms with Crippen molar-refractivity contribution in [2.45, 2.75) is 6.54 Å². The predicted octanol–water partition coefficient (Wildman–Crippen LogP) is 3.38. The lowest BCUT2D eigenvalue weighted by atomic mass is 10.2. The van der Waals surface area contributed by atoms with Crippen LogP contribution in [0.15, 0.2) is 60.1 Å². The van der Waals surface area contributed by atoms with Crippen LogP contribution in [-0.2, 0) is 6.54 Å². The second-order valence-electron chi connectivity index (χ2n) is 4.80. The number of hydrogen-bond acceptors (Lipinski definition) is 4. The van der Waals surface area contributed by atoms with E-state index in [-0.39, 0.29) is 11.5 Å². The van der Waals surface area contributed by atoms with Gasteiger partial charge in [-0.3, -0.25) is 0 Å². The highest BCUT2D eigenvalue weighted by molar-refractivity contribution is 5.86. The lowest BCUT2D eigenvalue weighted by Gasteiger charge is -2.02. The summed E-state index contributed by atoms with van der Waals surface area (Å²) in [7, 11) is 0. The number of para-hydroxylation sites is 2. The summed E-state index contributed by atoms with van der Waals surface area (Å²) in [5.41, 5.74) is 2.34. The van der Waals surface area contributed by atoms with E-state index in [1.54, 1.807) is 12.1 Å². The monoisotopic (exact) mass is 293 g/mol. The van der Waals surface area contributed by atoms with Crippen LogP contribution in [0, 0.1) is 0 Å². The third-order valence-corrected chi connectivity index (χ3v) is 3.28. The van der Waals surface area contributed by atoms with Gasteiger partial charge in [0.15, 0.2) is 0 Å². The SMILES string of the molecule is C=CCn1c(/N=C/c2ccc(O)cc2O)nc2ccccc21. The summed E-state index contributed by atoms with van der Waals surface area (Å²) in [5.74, 6) is 0.511. The number of allylic oxidation sites excluding steroid dienone is 1. The Labute approximate surface area is 127 Å². The van der Waals surface area contributed by atoms with Crippen LogP contribution >= 0.6 is 0 Å². The molecule has 0 fully saturated rings. The summed E-state index contributed by atoms with van der Waals surface area (Å²) >= 11 is 0. The molecule has 1 heterocycles. The maximum atomic E-state index is 9.79. The number of hydrogen-bond donors (Lipinski definition) is 2. The molecule has 110 valence electrons. The van der Waals surface area contributed by atoms with Crippen molar-refractivity contribution in [3.8, 4) is 11.5 Å². The van der Waals surface area contributed by atoms with Crippen molar-refractivity contribution in [3.05, 3.63) is 60.7 Å². The number of benzene rings is 2. The number of phenols is 2. The molecule has 0 aliphatic rings. The van der Waals surface area contributed by atoms with Gasteiger partial charge in [0.2, 0.25) is 5.95 Å². The van der Waals surface area contributed by atoms with Gasteiger partial charge in [0.1, 0.15) is 11.5 Å². The molecule has 0 aliphatic heterocycles. The van der Waals surface area contributed by atoms with Crippen molar-refractivity contribution < 1.29 is 10.2 Å².